The molecule has 0 aliphatic heterocycles. The Morgan fingerprint density at radius 2 is 2.36 bits per heavy atom. The van der Waals surface area contributed by atoms with E-state index in [4.69, 9.17) is 11.6 Å². The quantitative estimate of drug-likeness (QED) is 0.894. The number of aryl methyl sites for hydroxylation is 1. The molecule has 0 aliphatic rings. The van der Waals surface area contributed by atoms with E-state index in [9.17, 15) is 4.39 Å². The van der Waals surface area contributed by atoms with Crippen LogP contribution in [0.5, 0.6) is 0 Å². The zero-order valence-electron chi connectivity index (χ0n) is 7.15. The summed E-state index contributed by atoms with van der Waals surface area (Å²) in [5.74, 6) is 0. The highest BCUT2D eigenvalue weighted by Crippen LogP contribution is 2.27. The van der Waals surface area contributed by atoms with Gasteiger partial charge < -0.3 is 4.98 Å². The van der Waals surface area contributed by atoms with Crippen LogP contribution in [0.15, 0.2) is 16.7 Å². The third-order valence-corrected chi connectivity index (χ3v) is 2.77. The van der Waals surface area contributed by atoms with Crippen molar-refractivity contribution in [1.29, 1.82) is 0 Å². The number of rotatable bonds is 2. The lowest BCUT2D eigenvalue weighted by atomic mass is 10.2. The van der Waals surface area contributed by atoms with Gasteiger partial charge in [-0.1, -0.05) is 11.6 Å². The van der Waals surface area contributed by atoms with Crippen molar-refractivity contribution in [2.24, 2.45) is 0 Å². The third kappa shape index (κ3) is 1.64. The zero-order valence-corrected chi connectivity index (χ0v) is 9.49. The number of alkyl halides is 1. The Bertz CT molecular complexity index is 469. The van der Waals surface area contributed by atoms with E-state index in [2.05, 4.69) is 25.9 Å². The molecule has 74 valence electrons. The van der Waals surface area contributed by atoms with Gasteiger partial charge in [0.15, 0.2) is 0 Å². The van der Waals surface area contributed by atoms with Crippen LogP contribution in [0.25, 0.3) is 11.0 Å². The molecule has 0 fully saturated rings. The molecule has 0 aromatic carbocycles. The van der Waals surface area contributed by atoms with Crippen molar-refractivity contribution in [3.05, 3.63) is 27.5 Å². The zero-order chi connectivity index (χ0) is 10.1. The van der Waals surface area contributed by atoms with E-state index in [1.807, 2.05) is 6.07 Å². The monoisotopic (exact) mass is 276 g/mol. The second-order valence-electron chi connectivity index (χ2n) is 2.91. The normalized spacial score (nSPS) is 11.1. The first-order valence-corrected chi connectivity index (χ1v) is 5.27. The van der Waals surface area contributed by atoms with Gasteiger partial charge >= 0.3 is 0 Å². The first kappa shape index (κ1) is 9.93. The molecule has 5 heteroatoms. The molecule has 1 N–H and O–H groups in total. The molecule has 2 rings (SSSR count). The molecule has 2 aromatic heterocycles. The summed E-state index contributed by atoms with van der Waals surface area (Å²) in [7, 11) is 0. The fraction of sp³-hybridized carbons (Fsp3) is 0.222. The Kier molecular flexibility index (Phi) is 2.74. The summed E-state index contributed by atoms with van der Waals surface area (Å²) in [6.45, 7) is -0.417. The van der Waals surface area contributed by atoms with Crippen molar-refractivity contribution in [1.82, 2.24) is 9.97 Å². The highest BCUT2D eigenvalue weighted by molar-refractivity contribution is 9.10. The van der Waals surface area contributed by atoms with Gasteiger partial charge in [-0.3, -0.25) is 4.39 Å². The number of hydrogen-bond donors (Lipinski definition) is 1. The second kappa shape index (κ2) is 3.87. The predicted octanol–water partition coefficient (Wildman–Crippen LogP) is 3.49. The Balaban J connectivity index is 2.66. The van der Waals surface area contributed by atoms with Gasteiger partial charge in [-0.2, -0.15) is 0 Å². The number of H-pyrrole nitrogens is 1. The molecule has 0 radical (unpaired) electrons. The van der Waals surface area contributed by atoms with Crippen LogP contribution < -0.4 is 0 Å². The summed E-state index contributed by atoms with van der Waals surface area (Å²) in [4.78, 5) is 7.04. The van der Waals surface area contributed by atoms with E-state index in [0.29, 0.717) is 17.2 Å². The number of nitrogens with zero attached hydrogens (tertiary/aromatic N) is 1. The summed E-state index contributed by atoms with van der Waals surface area (Å²) in [6.07, 6.45) is 1.99. The van der Waals surface area contributed by atoms with Gasteiger partial charge in [-0.05, 0) is 22.0 Å². The van der Waals surface area contributed by atoms with Crippen LogP contribution in [-0.2, 0) is 6.42 Å². The summed E-state index contributed by atoms with van der Waals surface area (Å²) in [5, 5.41) is 1.35. The average molecular weight is 278 g/mol. The second-order valence-corrected chi connectivity index (χ2v) is 4.20. The number of nitrogens with one attached hydrogen (secondary N) is 1. The highest BCUT2D eigenvalue weighted by atomic mass is 79.9. The number of pyridine rings is 1. The van der Waals surface area contributed by atoms with E-state index in [1.165, 1.54) is 0 Å². The first-order chi connectivity index (χ1) is 6.72. The average Bonchev–Trinajstić information content (AvgIpc) is 2.45. The molecule has 2 heterocycles. The van der Waals surface area contributed by atoms with Gasteiger partial charge in [0.1, 0.15) is 10.8 Å². The molecule has 0 spiro atoms. The predicted molar refractivity (Wildman–Crippen MR) is 58.5 cm³/mol. The number of halogens is 3. The maximum Gasteiger partial charge on any atom is 0.138 e. The number of aromatic nitrogens is 2. The molecule has 0 atom stereocenters. The summed E-state index contributed by atoms with van der Waals surface area (Å²) in [5.41, 5.74) is 1.49. The molecule has 2 nitrogen and oxygen atoms in total. The standard InChI is InChI=1S/C9H7BrClFN2/c10-5-3-7-6(1-2-12)8(11)14-9(7)13-4-5/h3-4H,1-2H2,(H,13,14). The summed E-state index contributed by atoms with van der Waals surface area (Å²) >= 11 is 9.23. The van der Waals surface area contributed by atoms with Crippen molar-refractivity contribution < 1.29 is 4.39 Å². The molecule has 0 amide bonds. The summed E-state index contributed by atoms with van der Waals surface area (Å²) < 4.78 is 13.1. The fourth-order valence-electron chi connectivity index (χ4n) is 1.41. The Hall–Kier alpha value is -0.610. The van der Waals surface area contributed by atoms with Crippen LogP contribution in [-0.4, -0.2) is 16.6 Å². The topological polar surface area (TPSA) is 28.7 Å². The van der Waals surface area contributed by atoms with Crippen molar-refractivity contribution >= 4 is 38.6 Å². The van der Waals surface area contributed by atoms with E-state index >= 15 is 0 Å². The first-order valence-electron chi connectivity index (χ1n) is 4.10. The SMILES string of the molecule is FCCc1c(Cl)[nH]c2ncc(Br)cc12. The molecule has 2 aromatic rings. The minimum atomic E-state index is -0.417. The Labute approximate surface area is 93.6 Å². The molecular formula is C9H7BrClFN2. The van der Waals surface area contributed by atoms with Gasteiger partial charge in [-0.15, -0.1) is 0 Å². The molecule has 0 aliphatic carbocycles. The van der Waals surface area contributed by atoms with Crippen LogP contribution in [0.2, 0.25) is 5.15 Å². The van der Waals surface area contributed by atoms with Gasteiger partial charge in [0.25, 0.3) is 0 Å². The van der Waals surface area contributed by atoms with Crippen LogP contribution in [0.1, 0.15) is 5.56 Å². The Morgan fingerprint density at radius 3 is 3.07 bits per heavy atom. The highest BCUT2D eigenvalue weighted by Gasteiger charge is 2.10. The van der Waals surface area contributed by atoms with Gasteiger partial charge in [0.2, 0.25) is 0 Å². The Morgan fingerprint density at radius 1 is 1.57 bits per heavy atom. The molecule has 0 bridgehead atoms. The fourth-order valence-corrected chi connectivity index (χ4v) is 2.02. The largest absolute Gasteiger partial charge is 0.330 e. The van der Waals surface area contributed by atoms with Gasteiger partial charge in [0.05, 0.1) is 6.67 Å². The molecule has 14 heavy (non-hydrogen) atoms. The third-order valence-electron chi connectivity index (χ3n) is 2.02. The minimum Gasteiger partial charge on any atom is -0.330 e. The number of aromatic amines is 1. The van der Waals surface area contributed by atoms with Crippen LogP contribution in [0, 0.1) is 0 Å². The van der Waals surface area contributed by atoms with Gasteiger partial charge in [0, 0.05) is 28.0 Å². The van der Waals surface area contributed by atoms with Crippen molar-refractivity contribution in [2.75, 3.05) is 6.67 Å². The van der Waals surface area contributed by atoms with E-state index in [0.717, 1.165) is 15.4 Å². The van der Waals surface area contributed by atoms with Crippen LogP contribution >= 0.6 is 27.5 Å². The molecular weight excluding hydrogens is 270 g/mol. The van der Waals surface area contributed by atoms with Crippen LogP contribution in [0.3, 0.4) is 0 Å². The van der Waals surface area contributed by atoms with Crippen molar-refractivity contribution in [3.63, 3.8) is 0 Å². The maximum atomic E-state index is 12.3. The summed E-state index contributed by atoms with van der Waals surface area (Å²) in [6, 6.07) is 1.88. The molecule has 0 saturated heterocycles. The number of hydrogen-bond acceptors (Lipinski definition) is 1. The molecule has 0 unspecified atom stereocenters. The lowest BCUT2D eigenvalue weighted by molar-refractivity contribution is 0.496. The van der Waals surface area contributed by atoms with Gasteiger partial charge in [-0.25, -0.2) is 4.98 Å². The lowest BCUT2D eigenvalue weighted by Crippen LogP contribution is -1.85. The van der Waals surface area contributed by atoms with Crippen molar-refractivity contribution in [3.8, 4) is 0 Å². The van der Waals surface area contributed by atoms with E-state index in [-0.39, 0.29) is 0 Å². The minimum absolute atomic E-state index is 0.316. The van der Waals surface area contributed by atoms with Crippen molar-refractivity contribution in [2.45, 2.75) is 6.42 Å². The maximum absolute atomic E-state index is 12.3. The number of fused-ring (bicyclic) bond motifs is 1. The van der Waals surface area contributed by atoms with E-state index in [1.54, 1.807) is 6.20 Å². The van der Waals surface area contributed by atoms with Crippen LogP contribution in [0.4, 0.5) is 4.39 Å². The van der Waals surface area contributed by atoms with E-state index < -0.39 is 6.67 Å². The lowest BCUT2D eigenvalue weighted by Gasteiger charge is -1.95. The smallest absolute Gasteiger partial charge is 0.138 e. The molecule has 0 saturated carbocycles.